The third-order valence-electron chi connectivity index (χ3n) is 8.06. The Labute approximate surface area is 249 Å². The summed E-state index contributed by atoms with van der Waals surface area (Å²) >= 11 is 6.66. The van der Waals surface area contributed by atoms with E-state index in [9.17, 15) is 9.18 Å². The zero-order valence-electron chi connectivity index (χ0n) is 23.9. The monoisotopic (exact) mass is 582 g/mol. The van der Waals surface area contributed by atoms with Gasteiger partial charge in [-0.25, -0.2) is 9.97 Å². The van der Waals surface area contributed by atoms with Crippen molar-refractivity contribution >= 4 is 34.3 Å². The number of nitrogens with one attached hydrogen (secondary N) is 1. The molecule has 1 N–H and O–H groups in total. The minimum atomic E-state index is -0.562. The standard InChI is InChI=1S/C33H32ClFN6O/c1-4-41-31-24(19-36-33(39-31)38-25-9-6-21(7-10-25)22-13-15-40(3)16-14-22)17-28(32(41)42)27-12-8-23(18-29(27)34)26-11-5-20(2)37-30(26)35/h5-12,17-19,22H,4,13-16H2,1-3H3,(H,36,38,39). The van der Waals surface area contributed by atoms with Gasteiger partial charge in [-0.15, -0.1) is 0 Å². The number of rotatable bonds is 6. The second kappa shape index (κ2) is 11.6. The summed E-state index contributed by atoms with van der Waals surface area (Å²) in [6.07, 6.45) is 4.06. The predicted octanol–water partition coefficient (Wildman–Crippen LogP) is 7.19. The topological polar surface area (TPSA) is 75.9 Å². The van der Waals surface area contributed by atoms with Crippen LogP contribution in [0.25, 0.3) is 33.3 Å². The lowest BCUT2D eigenvalue weighted by molar-refractivity contribution is 0.255. The number of piperidine rings is 1. The van der Waals surface area contributed by atoms with Gasteiger partial charge < -0.3 is 10.2 Å². The molecule has 0 amide bonds. The van der Waals surface area contributed by atoms with Crippen molar-refractivity contribution in [1.29, 1.82) is 0 Å². The first kappa shape index (κ1) is 28.0. The van der Waals surface area contributed by atoms with Crippen molar-refractivity contribution in [2.75, 3.05) is 25.5 Å². The van der Waals surface area contributed by atoms with E-state index in [0.29, 0.717) is 62.4 Å². The number of hydrogen-bond donors (Lipinski definition) is 1. The highest BCUT2D eigenvalue weighted by Crippen LogP contribution is 2.33. The Hall–Kier alpha value is -4.14. The normalized spacial score (nSPS) is 14.4. The van der Waals surface area contributed by atoms with E-state index in [-0.39, 0.29) is 5.56 Å². The van der Waals surface area contributed by atoms with Gasteiger partial charge in [0.1, 0.15) is 5.65 Å². The first-order chi connectivity index (χ1) is 20.3. The van der Waals surface area contributed by atoms with Crippen LogP contribution in [0.1, 0.15) is 36.9 Å². The first-order valence-electron chi connectivity index (χ1n) is 14.2. The molecule has 0 aliphatic carbocycles. The van der Waals surface area contributed by atoms with Gasteiger partial charge in [0.2, 0.25) is 11.9 Å². The summed E-state index contributed by atoms with van der Waals surface area (Å²) in [5.74, 6) is 0.443. The predicted molar refractivity (Wildman–Crippen MR) is 167 cm³/mol. The maximum Gasteiger partial charge on any atom is 0.260 e. The minimum Gasteiger partial charge on any atom is -0.324 e. The van der Waals surface area contributed by atoms with Crippen molar-refractivity contribution in [2.45, 2.75) is 39.2 Å². The van der Waals surface area contributed by atoms with Gasteiger partial charge in [0.25, 0.3) is 5.56 Å². The van der Waals surface area contributed by atoms with Gasteiger partial charge in [-0.05, 0) is 100 Å². The highest BCUT2D eigenvalue weighted by Gasteiger charge is 2.19. The Morgan fingerprint density at radius 3 is 2.40 bits per heavy atom. The summed E-state index contributed by atoms with van der Waals surface area (Å²) in [7, 11) is 2.17. The summed E-state index contributed by atoms with van der Waals surface area (Å²) in [5, 5.41) is 4.34. The van der Waals surface area contributed by atoms with Crippen LogP contribution in [0.4, 0.5) is 16.0 Å². The van der Waals surface area contributed by atoms with Crippen LogP contribution in [0.2, 0.25) is 5.02 Å². The van der Waals surface area contributed by atoms with Crippen LogP contribution in [0, 0.1) is 12.9 Å². The lowest BCUT2D eigenvalue weighted by Gasteiger charge is -2.29. The molecule has 0 bridgehead atoms. The van der Waals surface area contributed by atoms with Crippen LogP contribution >= 0.6 is 11.6 Å². The van der Waals surface area contributed by atoms with Crippen LogP contribution in [0.3, 0.4) is 0 Å². The molecule has 0 saturated carbocycles. The SMILES string of the molecule is CCn1c(=O)c(-c2ccc(-c3ccc(C)nc3F)cc2Cl)cc2cnc(Nc3ccc(C4CCN(C)CC4)cc3)nc21. The average Bonchev–Trinajstić information content (AvgIpc) is 2.98. The van der Waals surface area contributed by atoms with Crippen molar-refractivity contribution in [1.82, 2.24) is 24.4 Å². The van der Waals surface area contributed by atoms with Gasteiger partial charge in [-0.1, -0.05) is 35.9 Å². The van der Waals surface area contributed by atoms with Crippen molar-refractivity contribution < 1.29 is 4.39 Å². The number of benzene rings is 2. The van der Waals surface area contributed by atoms with Crippen LogP contribution in [-0.4, -0.2) is 44.6 Å². The van der Waals surface area contributed by atoms with Crippen LogP contribution in [-0.2, 0) is 6.54 Å². The lowest BCUT2D eigenvalue weighted by Crippen LogP contribution is -2.29. The maximum atomic E-state index is 14.5. The molecule has 214 valence electrons. The van der Waals surface area contributed by atoms with Gasteiger partial charge in [0, 0.05) is 51.2 Å². The molecule has 1 aliphatic rings. The molecule has 2 aromatic carbocycles. The number of nitrogens with zero attached hydrogens (tertiary/aromatic N) is 5. The zero-order chi connectivity index (χ0) is 29.4. The minimum absolute atomic E-state index is 0.213. The summed E-state index contributed by atoms with van der Waals surface area (Å²) in [6, 6.07) is 18.8. The summed E-state index contributed by atoms with van der Waals surface area (Å²) in [5.41, 5.74) is 5.08. The van der Waals surface area contributed by atoms with Crippen LogP contribution in [0.15, 0.2) is 71.7 Å². The fraction of sp³-hybridized carbons (Fsp3) is 0.273. The number of hydrogen-bond acceptors (Lipinski definition) is 6. The maximum absolute atomic E-state index is 14.5. The molecule has 3 aromatic heterocycles. The molecule has 0 unspecified atom stereocenters. The number of likely N-dealkylation sites (tertiary alicyclic amines) is 1. The van der Waals surface area contributed by atoms with E-state index >= 15 is 0 Å². The van der Waals surface area contributed by atoms with Gasteiger partial charge in [0.15, 0.2) is 0 Å². The molecule has 9 heteroatoms. The first-order valence-corrected chi connectivity index (χ1v) is 14.6. The molecule has 0 atom stereocenters. The second-order valence-electron chi connectivity index (χ2n) is 10.9. The molecule has 6 rings (SSSR count). The molecule has 0 spiro atoms. The molecule has 1 fully saturated rings. The van der Waals surface area contributed by atoms with E-state index < -0.39 is 5.95 Å². The van der Waals surface area contributed by atoms with Crippen molar-refractivity contribution in [3.63, 3.8) is 0 Å². The van der Waals surface area contributed by atoms with Crippen molar-refractivity contribution in [3.8, 4) is 22.3 Å². The quantitative estimate of drug-likeness (QED) is 0.213. The number of aromatic nitrogens is 4. The molecule has 42 heavy (non-hydrogen) atoms. The molecule has 7 nitrogen and oxygen atoms in total. The summed E-state index contributed by atoms with van der Waals surface area (Å²) in [4.78, 5) is 29.2. The van der Waals surface area contributed by atoms with E-state index in [0.717, 1.165) is 18.8 Å². The van der Waals surface area contributed by atoms with E-state index in [1.165, 1.54) is 18.4 Å². The third kappa shape index (κ3) is 5.52. The molecular weight excluding hydrogens is 551 g/mol. The lowest BCUT2D eigenvalue weighted by atomic mass is 9.89. The molecule has 4 heterocycles. The Morgan fingerprint density at radius 1 is 0.976 bits per heavy atom. The summed E-state index contributed by atoms with van der Waals surface area (Å²) < 4.78 is 16.1. The molecule has 1 saturated heterocycles. The van der Waals surface area contributed by atoms with Gasteiger partial charge >= 0.3 is 0 Å². The average molecular weight is 583 g/mol. The highest BCUT2D eigenvalue weighted by molar-refractivity contribution is 6.33. The molecule has 5 aromatic rings. The zero-order valence-corrected chi connectivity index (χ0v) is 24.6. The second-order valence-corrected chi connectivity index (χ2v) is 11.3. The molecule has 1 aliphatic heterocycles. The fourth-order valence-corrected chi connectivity index (χ4v) is 5.94. The Bertz CT molecular complexity index is 1830. The third-order valence-corrected chi connectivity index (χ3v) is 8.37. The van der Waals surface area contributed by atoms with Gasteiger partial charge in [-0.2, -0.15) is 9.37 Å². The van der Waals surface area contributed by atoms with E-state index in [4.69, 9.17) is 16.6 Å². The molecule has 0 radical (unpaired) electrons. The van der Waals surface area contributed by atoms with Crippen LogP contribution < -0.4 is 10.9 Å². The number of halogens is 2. The highest BCUT2D eigenvalue weighted by atomic mass is 35.5. The van der Waals surface area contributed by atoms with E-state index in [2.05, 4.69) is 51.5 Å². The number of fused-ring (bicyclic) bond motifs is 1. The number of pyridine rings is 2. The van der Waals surface area contributed by atoms with Crippen molar-refractivity contribution in [2.24, 2.45) is 0 Å². The van der Waals surface area contributed by atoms with E-state index in [1.807, 2.05) is 6.92 Å². The largest absolute Gasteiger partial charge is 0.324 e. The molecular formula is C33H32ClFN6O. The van der Waals surface area contributed by atoms with Gasteiger partial charge in [0.05, 0.1) is 0 Å². The Balaban J connectivity index is 1.29. The smallest absolute Gasteiger partial charge is 0.260 e. The van der Waals surface area contributed by atoms with Gasteiger partial charge in [-0.3, -0.25) is 9.36 Å². The van der Waals surface area contributed by atoms with Crippen LogP contribution in [0.5, 0.6) is 0 Å². The van der Waals surface area contributed by atoms with Crippen molar-refractivity contribution in [3.05, 3.63) is 99.4 Å². The Morgan fingerprint density at radius 2 is 1.71 bits per heavy atom. The Kier molecular flexibility index (Phi) is 7.75. The number of aryl methyl sites for hydroxylation is 2. The fourth-order valence-electron chi connectivity index (χ4n) is 5.66. The summed E-state index contributed by atoms with van der Waals surface area (Å²) in [6.45, 7) is 6.30. The van der Waals surface area contributed by atoms with E-state index in [1.54, 1.807) is 54.1 Å². The number of anilines is 2.